The van der Waals surface area contributed by atoms with Gasteiger partial charge >= 0.3 is 6.16 Å². The molecule has 1 aromatic heterocycles. The van der Waals surface area contributed by atoms with Crippen LogP contribution in [0.25, 0.3) is 0 Å². The lowest BCUT2D eigenvalue weighted by Gasteiger charge is -2.05. The fourth-order valence-corrected chi connectivity index (χ4v) is 1.23. The topological polar surface area (TPSA) is 68.7 Å². The highest BCUT2D eigenvalue weighted by atomic mass is 16.7. The number of fused-ring (bicyclic) bond motifs is 1. The van der Waals surface area contributed by atoms with Crippen molar-refractivity contribution in [3.05, 3.63) is 23.9 Å². The highest BCUT2D eigenvalue weighted by molar-refractivity contribution is 5.57. The first-order chi connectivity index (χ1) is 6.27. The van der Waals surface area contributed by atoms with Crippen LogP contribution in [0.1, 0.15) is 11.7 Å². The van der Waals surface area contributed by atoms with E-state index in [0.717, 1.165) is 0 Å². The molecule has 0 bridgehead atoms. The largest absolute Gasteiger partial charge is 0.506 e. The number of pyridine rings is 1. The summed E-state index contributed by atoms with van der Waals surface area (Å²) in [5.74, 6) is 0.453. The zero-order valence-corrected chi connectivity index (χ0v) is 6.64. The Labute approximate surface area is 73.9 Å². The average Bonchev–Trinajstić information content (AvgIpc) is 2.48. The lowest BCUT2D eigenvalue weighted by molar-refractivity contribution is 0.0418. The monoisotopic (exact) mass is 181 g/mol. The van der Waals surface area contributed by atoms with Crippen molar-refractivity contribution in [3.63, 3.8) is 0 Å². The maximum atomic E-state index is 10.3. The molecule has 1 unspecified atom stereocenters. The lowest BCUT2D eigenvalue weighted by Crippen LogP contribution is -2.10. The molecule has 0 aliphatic carbocycles. The molecule has 1 aromatic rings. The van der Waals surface area contributed by atoms with E-state index in [1.807, 2.05) is 0 Å². The van der Waals surface area contributed by atoms with Crippen LogP contribution in [0.4, 0.5) is 4.79 Å². The van der Waals surface area contributed by atoms with Crippen LogP contribution in [-0.4, -0.2) is 22.9 Å². The van der Waals surface area contributed by atoms with Gasteiger partial charge in [-0.05, 0) is 12.1 Å². The Bertz CT molecular complexity index is 339. The molecule has 2 rings (SSSR count). The third kappa shape index (κ3) is 1.40. The minimum absolute atomic E-state index is 0.207. The third-order valence-corrected chi connectivity index (χ3v) is 1.76. The van der Waals surface area contributed by atoms with Crippen molar-refractivity contribution in [2.75, 3.05) is 6.61 Å². The van der Waals surface area contributed by atoms with Crippen LogP contribution in [0.2, 0.25) is 0 Å². The van der Waals surface area contributed by atoms with Crippen molar-refractivity contribution < 1.29 is 19.4 Å². The number of hydrogen-bond acceptors (Lipinski definition) is 4. The summed E-state index contributed by atoms with van der Waals surface area (Å²) in [5.41, 5.74) is 0.685. The molecule has 0 saturated carbocycles. The Balaban J connectivity index is 2.23. The number of rotatable bonds is 1. The van der Waals surface area contributed by atoms with Crippen LogP contribution in [0.15, 0.2) is 18.3 Å². The number of carboxylic acid groups (broad SMARTS) is 1. The maximum Gasteiger partial charge on any atom is 0.506 e. The number of carbonyl (C=O) groups is 1. The first-order valence-electron chi connectivity index (χ1n) is 3.74. The molecular formula is C8H7NO4. The molecule has 2 heterocycles. The number of hydrogen-bond donors (Lipinski definition) is 1. The van der Waals surface area contributed by atoms with Gasteiger partial charge < -0.3 is 14.6 Å². The Morgan fingerprint density at radius 2 is 2.62 bits per heavy atom. The van der Waals surface area contributed by atoms with Crippen LogP contribution in [0.5, 0.6) is 5.88 Å². The van der Waals surface area contributed by atoms with Gasteiger partial charge in [-0.3, -0.25) is 0 Å². The number of nitrogens with zero attached hydrogens (tertiary/aromatic N) is 1. The van der Waals surface area contributed by atoms with Crippen LogP contribution in [-0.2, 0) is 4.74 Å². The van der Waals surface area contributed by atoms with Crippen molar-refractivity contribution in [2.45, 2.75) is 6.10 Å². The smallest absolute Gasteiger partial charge is 0.473 e. The van der Waals surface area contributed by atoms with E-state index in [-0.39, 0.29) is 6.61 Å². The van der Waals surface area contributed by atoms with E-state index in [0.29, 0.717) is 11.4 Å². The first-order valence-corrected chi connectivity index (χ1v) is 3.74. The molecular weight excluding hydrogens is 174 g/mol. The summed E-state index contributed by atoms with van der Waals surface area (Å²) in [5, 5.41) is 8.40. The fraction of sp³-hybridized carbons (Fsp3) is 0.250. The Hall–Kier alpha value is -1.78. The number of ether oxygens (including phenoxy) is 2. The van der Waals surface area contributed by atoms with Gasteiger partial charge in [0, 0.05) is 6.20 Å². The molecule has 0 amide bonds. The van der Waals surface area contributed by atoms with Gasteiger partial charge in [0.15, 0.2) is 6.10 Å². The molecule has 68 valence electrons. The summed E-state index contributed by atoms with van der Waals surface area (Å²) in [6, 6.07) is 3.45. The van der Waals surface area contributed by atoms with Gasteiger partial charge in [0.1, 0.15) is 6.61 Å². The van der Waals surface area contributed by atoms with Gasteiger partial charge in [-0.15, -0.1) is 0 Å². The molecule has 1 aliphatic heterocycles. The van der Waals surface area contributed by atoms with Gasteiger partial charge in [0.05, 0.1) is 5.56 Å². The van der Waals surface area contributed by atoms with Crippen molar-refractivity contribution in [1.82, 2.24) is 4.98 Å². The first kappa shape index (κ1) is 7.85. The van der Waals surface area contributed by atoms with E-state index in [4.69, 9.17) is 9.84 Å². The fourth-order valence-electron chi connectivity index (χ4n) is 1.23. The Morgan fingerprint density at radius 3 is 3.38 bits per heavy atom. The van der Waals surface area contributed by atoms with Crippen molar-refractivity contribution >= 4 is 6.16 Å². The van der Waals surface area contributed by atoms with Crippen LogP contribution in [0.3, 0.4) is 0 Å². The standard InChI is InChI=1S/C8H7NO4/c10-8(11)13-6-4-12-7-5(6)2-1-3-9-7/h1-3,6H,4H2,(H,10,11). The van der Waals surface area contributed by atoms with Crippen LogP contribution < -0.4 is 4.74 Å². The molecule has 0 radical (unpaired) electrons. The molecule has 1 aliphatic rings. The molecule has 0 saturated heterocycles. The van der Waals surface area contributed by atoms with Gasteiger partial charge in [-0.1, -0.05) is 0 Å². The summed E-state index contributed by atoms with van der Waals surface area (Å²) < 4.78 is 9.70. The van der Waals surface area contributed by atoms with Gasteiger partial charge in [0.2, 0.25) is 5.88 Å². The molecule has 0 aromatic carbocycles. The number of aromatic nitrogens is 1. The molecule has 1 N–H and O–H groups in total. The van der Waals surface area contributed by atoms with E-state index in [1.165, 1.54) is 0 Å². The molecule has 0 fully saturated rings. The summed E-state index contributed by atoms with van der Waals surface area (Å²) in [4.78, 5) is 14.2. The molecule has 13 heavy (non-hydrogen) atoms. The maximum absolute atomic E-state index is 10.3. The van der Waals surface area contributed by atoms with Crippen molar-refractivity contribution in [3.8, 4) is 5.88 Å². The third-order valence-electron chi connectivity index (χ3n) is 1.76. The van der Waals surface area contributed by atoms with Crippen LogP contribution in [0, 0.1) is 0 Å². The zero-order chi connectivity index (χ0) is 9.26. The Kier molecular flexibility index (Phi) is 1.77. The second-order valence-electron chi connectivity index (χ2n) is 2.58. The quantitative estimate of drug-likeness (QED) is 0.659. The van der Waals surface area contributed by atoms with Gasteiger partial charge in [0.25, 0.3) is 0 Å². The van der Waals surface area contributed by atoms with Crippen molar-refractivity contribution in [2.24, 2.45) is 0 Å². The van der Waals surface area contributed by atoms with Crippen LogP contribution >= 0.6 is 0 Å². The summed E-state index contributed by atoms with van der Waals surface area (Å²) >= 11 is 0. The predicted molar refractivity (Wildman–Crippen MR) is 41.6 cm³/mol. The highest BCUT2D eigenvalue weighted by Crippen LogP contribution is 2.31. The second-order valence-corrected chi connectivity index (χ2v) is 2.58. The van der Waals surface area contributed by atoms with Gasteiger partial charge in [-0.2, -0.15) is 0 Å². The minimum atomic E-state index is -1.30. The highest BCUT2D eigenvalue weighted by Gasteiger charge is 2.27. The van der Waals surface area contributed by atoms with E-state index in [2.05, 4.69) is 9.72 Å². The van der Waals surface area contributed by atoms with E-state index >= 15 is 0 Å². The second kappa shape index (κ2) is 2.93. The van der Waals surface area contributed by atoms with E-state index in [1.54, 1.807) is 18.3 Å². The van der Waals surface area contributed by atoms with Gasteiger partial charge in [-0.25, -0.2) is 9.78 Å². The lowest BCUT2D eigenvalue weighted by atomic mass is 10.2. The predicted octanol–water partition coefficient (Wildman–Crippen LogP) is 1.21. The molecule has 5 heteroatoms. The summed E-state index contributed by atoms with van der Waals surface area (Å²) in [6.45, 7) is 0.207. The average molecular weight is 181 g/mol. The SMILES string of the molecule is O=C(O)OC1COc2ncccc21. The molecule has 1 atom stereocenters. The summed E-state index contributed by atoms with van der Waals surface area (Å²) in [6.07, 6.45) is -0.256. The summed E-state index contributed by atoms with van der Waals surface area (Å²) in [7, 11) is 0. The minimum Gasteiger partial charge on any atom is -0.473 e. The zero-order valence-electron chi connectivity index (χ0n) is 6.64. The Morgan fingerprint density at radius 1 is 1.77 bits per heavy atom. The molecule has 5 nitrogen and oxygen atoms in total. The van der Waals surface area contributed by atoms with E-state index in [9.17, 15) is 4.79 Å². The van der Waals surface area contributed by atoms with E-state index < -0.39 is 12.3 Å². The normalized spacial score (nSPS) is 18.9. The van der Waals surface area contributed by atoms with Crippen molar-refractivity contribution in [1.29, 1.82) is 0 Å². The molecule has 0 spiro atoms.